The van der Waals surface area contributed by atoms with E-state index in [-0.39, 0.29) is 0 Å². The maximum absolute atomic E-state index is 10.4. The van der Waals surface area contributed by atoms with Gasteiger partial charge in [-0.2, -0.15) is 5.10 Å². The van der Waals surface area contributed by atoms with E-state index in [9.17, 15) is 4.79 Å². The summed E-state index contributed by atoms with van der Waals surface area (Å²) in [5, 5.41) is 3.76. The molecule has 0 aliphatic heterocycles. The molecule has 0 saturated heterocycles. The third-order valence-corrected chi connectivity index (χ3v) is 1.95. The molecule has 0 heterocycles. The van der Waals surface area contributed by atoms with Crippen LogP contribution in [-0.4, -0.2) is 18.9 Å². The Kier molecular flexibility index (Phi) is 4.75. The largest absolute Gasteiger partial charge is 0.497 e. The number of amides is 2. The van der Waals surface area contributed by atoms with Gasteiger partial charge in [-0.05, 0) is 30.7 Å². The third-order valence-electron chi connectivity index (χ3n) is 1.95. The van der Waals surface area contributed by atoms with Crippen molar-refractivity contribution in [2.24, 2.45) is 10.8 Å². The summed E-state index contributed by atoms with van der Waals surface area (Å²) in [7, 11) is 1.62. The Morgan fingerprint density at radius 1 is 1.53 bits per heavy atom. The average Bonchev–Trinajstić information content (AvgIpc) is 2.34. The summed E-state index contributed by atoms with van der Waals surface area (Å²) in [6.07, 6.45) is 3.63. The van der Waals surface area contributed by atoms with Gasteiger partial charge in [-0.25, -0.2) is 10.2 Å². The molecule has 0 aliphatic rings. The number of nitrogens with two attached hydrogens (primary N) is 1. The summed E-state index contributed by atoms with van der Waals surface area (Å²) in [6, 6.07) is 6.91. The van der Waals surface area contributed by atoms with Crippen LogP contribution in [0.1, 0.15) is 12.5 Å². The van der Waals surface area contributed by atoms with Crippen LogP contribution in [0.2, 0.25) is 0 Å². The number of carbonyl (C=O) groups excluding carboxylic acids is 1. The summed E-state index contributed by atoms with van der Waals surface area (Å²) in [4.78, 5) is 10.4. The maximum Gasteiger partial charge on any atom is 0.332 e. The van der Waals surface area contributed by atoms with Crippen molar-refractivity contribution in [3.8, 4) is 5.75 Å². The summed E-state index contributed by atoms with van der Waals surface area (Å²) in [6.45, 7) is 1.76. The number of nitrogens with one attached hydrogen (secondary N) is 1. The first-order chi connectivity index (χ1) is 8.11. The number of urea groups is 1. The lowest BCUT2D eigenvalue weighted by Gasteiger charge is -2.00. The van der Waals surface area contributed by atoms with Crippen LogP contribution in [0.5, 0.6) is 5.75 Å². The number of primary amides is 1. The number of hydrogen-bond acceptors (Lipinski definition) is 3. The van der Waals surface area contributed by atoms with E-state index in [4.69, 9.17) is 10.5 Å². The molecule has 90 valence electrons. The van der Waals surface area contributed by atoms with Gasteiger partial charge in [0.1, 0.15) is 5.75 Å². The number of hydrazone groups is 1. The Balaban J connectivity index is 2.69. The van der Waals surface area contributed by atoms with E-state index < -0.39 is 6.03 Å². The number of ether oxygens (including phenoxy) is 1. The predicted octanol–water partition coefficient (Wildman–Crippen LogP) is 1.75. The number of rotatable bonds is 4. The fourth-order valence-electron chi connectivity index (χ4n) is 1.14. The average molecular weight is 233 g/mol. The Morgan fingerprint density at radius 2 is 2.29 bits per heavy atom. The van der Waals surface area contributed by atoms with Crippen molar-refractivity contribution in [1.29, 1.82) is 0 Å². The van der Waals surface area contributed by atoms with Gasteiger partial charge in [-0.3, -0.25) is 0 Å². The molecule has 0 fully saturated rings. The van der Waals surface area contributed by atoms with Crippen LogP contribution in [-0.2, 0) is 0 Å². The molecule has 0 spiro atoms. The molecule has 1 aromatic carbocycles. The molecule has 2 amide bonds. The minimum atomic E-state index is -0.681. The molecule has 1 aromatic rings. The van der Waals surface area contributed by atoms with E-state index in [1.54, 1.807) is 20.1 Å². The lowest BCUT2D eigenvalue weighted by atomic mass is 10.2. The summed E-state index contributed by atoms with van der Waals surface area (Å²) in [5.74, 6) is 0.789. The first-order valence-electron chi connectivity index (χ1n) is 5.03. The predicted molar refractivity (Wildman–Crippen MR) is 67.9 cm³/mol. The maximum atomic E-state index is 10.4. The molecule has 17 heavy (non-hydrogen) atoms. The van der Waals surface area contributed by atoms with E-state index in [0.717, 1.165) is 11.3 Å². The highest BCUT2D eigenvalue weighted by Crippen LogP contribution is 2.13. The zero-order chi connectivity index (χ0) is 12.7. The van der Waals surface area contributed by atoms with E-state index in [1.807, 2.05) is 30.3 Å². The van der Waals surface area contributed by atoms with Crippen LogP contribution in [0.4, 0.5) is 4.79 Å². The quantitative estimate of drug-likeness (QED) is 0.614. The monoisotopic (exact) mass is 233 g/mol. The second-order valence-electron chi connectivity index (χ2n) is 3.34. The fraction of sp³-hybridized carbons (Fsp3) is 0.167. The Bertz CT molecular complexity index is 453. The van der Waals surface area contributed by atoms with Crippen LogP contribution in [0.25, 0.3) is 6.08 Å². The smallest absolute Gasteiger partial charge is 0.332 e. The molecule has 5 heteroatoms. The van der Waals surface area contributed by atoms with Crippen molar-refractivity contribution >= 4 is 17.8 Å². The van der Waals surface area contributed by atoms with Gasteiger partial charge < -0.3 is 10.5 Å². The summed E-state index contributed by atoms with van der Waals surface area (Å²) in [5.41, 5.74) is 8.67. The van der Waals surface area contributed by atoms with E-state index in [2.05, 4.69) is 10.5 Å². The molecule has 0 aromatic heterocycles. The Morgan fingerprint density at radius 3 is 2.94 bits per heavy atom. The van der Waals surface area contributed by atoms with Crippen molar-refractivity contribution in [3.05, 3.63) is 35.9 Å². The van der Waals surface area contributed by atoms with Gasteiger partial charge in [0.2, 0.25) is 0 Å². The molecule has 1 rings (SSSR count). The van der Waals surface area contributed by atoms with Gasteiger partial charge in [0.25, 0.3) is 0 Å². The molecule has 3 N–H and O–H groups in total. The lowest BCUT2D eigenvalue weighted by Crippen LogP contribution is -2.25. The highest BCUT2D eigenvalue weighted by Gasteiger charge is 1.92. The van der Waals surface area contributed by atoms with Crippen molar-refractivity contribution in [2.45, 2.75) is 6.92 Å². The zero-order valence-corrected chi connectivity index (χ0v) is 9.81. The van der Waals surface area contributed by atoms with Gasteiger partial charge in [-0.1, -0.05) is 18.2 Å². The first-order valence-corrected chi connectivity index (χ1v) is 5.03. The van der Waals surface area contributed by atoms with Gasteiger partial charge in [0.15, 0.2) is 0 Å². The number of allylic oxidation sites excluding steroid dienone is 1. The van der Waals surface area contributed by atoms with Crippen molar-refractivity contribution in [1.82, 2.24) is 5.43 Å². The molecule has 0 saturated carbocycles. The van der Waals surface area contributed by atoms with E-state index >= 15 is 0 Å². The van der Waals surface area contributed by atoms with Crippen LogP contribution in [0.15, 0.2) is 35.4 Å². The third kappa shape index (κ3) is 4.83. The topological polar surface area (TPSA) is 76.7 Å². The van der Waals surface area contributed by atoms with Crippen molar-refractivity contribution < 1.29 is 9.53 Å². The van der Waals surface area contributed by atoms with E-state index in [1.165, 1.54) is 0 Å². The van der Waals surface area contributed by atoms with Gasteiger partial charge in [-0.15, -0.1) is 0 Å². The number of benzene rings is 1. The molecular formula is C12H15N3O2. The van der Waals surface area contributed by atoms with Gasteiger partial charge in [0, 0.05) is 0 Å². The molecule has 0 bridgehead atoms. The van der Waals surface area contributed by atoms with Crippen LogP contribution >= 0.6 is 0 Å². The molecule has 0 aliphatic carbocycles. The lowest BCUT2D eigenvalue weighted by molar-refractivity contribution is 0.249. The standard InChI is InChI=1S/C12H15N3O2/c1-9(14-15-12(13)16)6-7-10-4-3-5-11(8-10)17-2/h3-8H,1-2H3,(H3,13,15,16)/b7-6-,14-9-. The minimum Gasteiger partial charge on any atom is -0.497 e. The van der Waals surface area contributed by atoms with Gasteiger partial charge >= 0.3 is 6.03 Å². The summed E-state index contributed by atoms with van der Waals surface area (Å²) >= 11 is 0. The molecule has 0 radical (unpaired) electrons. The van der Waals surface area contributed by atoms with Crippen LogP contribution < -0.4 is 15.9 Å². The van der Waals surface area contributed by atoms with Crippen LogP contribution in [0.3, 0.4) is 0 Å². The highest BCUT2D eigenvalue weighted by atomic mass is 16.5. The molecular weight excluding hydrogens is 218 g/mol. The highest BCUT2D eigenvalue weighted by molar-refractivity contribution is 5.96. The minimum absolute atomic E-state index is 0.645. The second kappa shape index (κ2) is 6.32. The molecule has 0 unspecified atom stereocenters. The Hall–Kier alpha value is -2.30. The molecule has 0 atom stereocenters. The zero-order valence-electron chi connectivity index (χ0n) is 9.81. The number of methoxy groups -OCH3 is 1. The fourth-order valence-corrected chi connectivity index (χ4v) is 1.14. The summed E-state index contributed by atoms with van der Waals surface area (Å²) < 4.78 is 5.10. The SMILES string of the molecule is COc1cccc(/C=C\C(C)=N/NC(N)=O)c1. The Labute approximate surface area is 100.0 Å². The van der Waals surface area contributed by atoms with Crippen molar-refractivity contribution in [3.63, 3.8) is 0 Å². The number of hydrogen-bond donors (Lipinski definition) is 2. The van der Waals surface area contributed by atoms with Gasteiger partial charge in [0.05, 0.1) is 12.8 Å². The number of carbonyl (C=O) groups is 1. The van der Waals surface area contributed by atoms with Crippen molar-refractivity contribution in [2.75, 3.05) is 7.11 Å². The molecule has 5 nitrogen and oxygen atoms in total. The van der Waals surface area contributed by atoms with Crippen LogP contribution in [0, 0.1) is 0 Å². The normalized spacial score (nSPS) is 11.5. The second-order valence-corrected chi connectivity index (χ2v) is 3.34. The first kappa shape index (κ1) is 12.8. The number of nitrogens with zero attached hydrogens (tertiary/aromatic N) is 1. The van der Waals surface area contributed by atoms with E-state index in [0.29, 0.717) is 5.71 Å².